The summed E-state index contributed by atoms with van der Waals surface area (Å²) >= 11 is 0. The number of carbonyl (C=O) groups is 2. The summed E-state index contributed by atoms with van der Waals surface area (Å²) in [7, 11) is 0. The Morgan fingerprint density at radius 1 is 0.794 bits per heavy atom. The fourth-order valence-corrected chi connectivity index (χ4v) is 5.49. The molecule has 0 amide bonds. The van der Waals surface area contributed by atoms with Crippen molar-refractivity contribution in [3.8, 4) is 0 Å². The van der Waals surface area contributed by atoms with Crippen molar-refractivity contribution >= 4 is 11.9 Å². The molecule has 0 aromatic heterocycles. The molecule has 0 radical (unpaired) electrons. The SMILES string of the molecule is CCOC(=O)C1CCC(OC(C(=O)OC(C)(C)C)(N2CCCC2)N2CCC(OCC)CC2)CC1. The third-order valence-corrected chi connectivity index (χ3v) is 7.10. The Kier molecular flexibility index (Phi) is 9.78. The average molecular weight is 483 g/mol. The normalized spacial score (nSPS) is 27.3. The number of piperidine rings is 1. The number of rotatable bonds is 9. The molecule has 0 spiro atoms. The summed E-state index contributed by atoms with van der Waals surface area (Å²) in [5.74, 6) is -1.74. The summed E-state index contributed by atoms with van der Waals surface area (Å²) < 4.78 is 24.0. The van der Waals surface area contributed by atoms with Crippen LogP contribution in [0.5, 0.6) is 0 Å². The highest BCUT2D eigenvalue weighted by Crippen LogP contribution is 2.37. The summed E-state index contributed by atoms with van der Waals surface area (Å²) in [4.78, 5) is 30.6. The minimum Gasteiger partial charge on any atom is -0.466 e. The number of carbonyl (C=O) groups excluding carboxylic acids is 2. The first-order valence-corrected chi connectivity index (χ1v) is 13.4. The van der Waals surface area contributed by atoms with E-state index in [0.29, 0.717) is 13.2 Å². The van der Waals surface area contributed by atoms with E-state index < -0.39 is 11.4 Å². The minimum atomic E-state index is -1.23. The van der Waals surface area contributed by atoms with Crippen molar-refractivity contribution in [3.05, 3.63) is 0 Å². The van der Waals surface area contributed by atoms with Crippen LogP contribution < -0.4 is 0 Å². The van der Waals surface area contributed by atoms with Gasteiger partial charge in [-0.2, -0.15) is 0 Å². The van der Waals surface area contributed by atoms with Crippen LogP contribution in [0.4, 0.5) is 0 Å². The Labute approximate surface area is 205 Å². The van der Waals surface area contributed by atoms with E-state index in [-0.39, 0.29) is 30.1 Å². The van der Waals surface area contributed by atoms with Gasteiger partial charge >= 0.3 is 11.9 Å². The summed E-state index contributed by atoms with van der Waals surface area (Å²) in [6.07, 6.45) is 6.84. The highest BCUT2D eigenvalue weighted by molar-refractivity contribution is 5.79. The van der Waals surface area contributed by atoms with Gasteiger partial charge < -0.3 is 18.9 Å². The molecule has 1 aliphatic carbocycles. The first-order valence-electron chi connectivity index (χ1n) is 13.4. The van der Waals surface area contributed by atoms with E-state index in [9.17, 15) is 9.59 Å². The van der Waals surface area contributed by atoms with Gasteiger partial charge in [0.05, 0.1) is 24.7 Å². The van der Waals surface area contributed by atoms with E-state index >= 15 is 0 Å². The van der Waals surface area contributed by atoms with Crippen LogP contribution in [0.25, 0.3) is 0 Å². The Hall–Kier alpha value is -1.22. The van der Waals surface area contributed by atoms with Crippen molar-refractivity contribution in [2.45, 2.75) is 110 Å². The third-order valence-electron chi connectivity index (χ3n) is 7.10. The number of ether oxygens (including phenoxy) is 4. The second-order valence-corrected chi connectivity index (χ2v) is 10.8. The second kappa shape index (κ2) is 12.2. The molecule has 2 aliphatic heterocycles. The molecule has 3 rings (SSSR count). The lowest BCUT2D eigenvalue weighted by molar-refractivity contribution is -0.282. The Morgan fingerprint density at radius 3 is 1.91 bits per heavy atom. The Balaban J connectivity index is 1.83. The van der Waals surface area contributed by atoms with Crippen LogP contribution in [0.1, 0.15) is 86.0 Å². The van der Waals surface area contributed by atoms with Crippen LogP contribution in [0.15, 0.2) is 0 Å². The molecule has 1 saturated carbocycles. The number of hydrogen-bond donors (Lipinski definition) is 0. The monoisotopic (exact) mass is 482 g/mol. The van der Waals surface area contributed by atoms with Crippen LogP contribution in [-0.4, -0.2) is 84.8 Å². The molecule has 3 fully saturated rings. The maximum absolute atomic E-state index is 14.0. The van der Waals surface area contributed by atoms with E-state index in [1.54, 1.807) is 0 Å². The molecule has 3 aliphatic rings. The van der Waals surface area contributed by atoms with Crippen molar-refractivity contribution in [2.24, 2.45) is 5.92 Å². The van der Waals surface area contributed by atoms with Gasteiger partial charge in [0.1, 0.15) is 5.60 Å². The van der Waals surface area contributed by atoms with Crippen LogP contribution in [0.3, 0.4) is 0 Å². The molecule has 0 aromatic carbocycles. The quantitative estimate of drug-likeness (QED) is 0.460. The van der Waals surface area contributed by atoms with Gasteiger partial charge in [0, 0.05) is 32.8 Å². The first-order chi connectivity index (χ1) is 16.2. The molecule has 8 heteroatoms. The zero-order chi connectivity index (χ0) is 24.8. The highest BCUT2D eigenvalue weighted by Gasteiger charge is 2.56. The van der Waals surface area contributed by atoms with Crippen LogP contribution in [-0.2, 0) is 28.5 Å². The van der Waals surface area contributed by atoms with Gasteiger partial charge in [0.25, 0.3) is 5.85 Å². The molecular formula is C26H46N2O6. The van der Waals surface area contributed by atoms with E-state index in [2.05, 4.69) is 9.80 Å². The van der Waals surface area contributed by atoms with Gasteiger partial charge in [-0.05, 0) is 86.0 Å². The summed E-state index contributed by atoms with van der Waals surface area (Å²) in [6, 6.07) is 0. The Morgan fingerprint density at radius 2 is 1.38 bits per heavy atom. The van der Waals surface area contributed by atoms with Crippen molar-refractivity contribution in [2.75, 3.05) is 39.4 Å². The molecule has 0 N–H and O–H groups in total. The van der Waals surface area contributed by atoms with Gasteiger partial charge in [-0.3, -0.25) is 14.6 Å². The van der Waals surface area contributed by atoms with Crippen LogP contribution in [0.2, 0.25) is 0 Å². The topological polar surface area (TPSA) is 77.5 Å². The van der Waals surface area contributed by atoms with Gasteiger partial charge in [-0.1, -0.05) is 0 Å². The molecule has 0 aromatic rings. The third kappa shape index (κ3) is 6.71. The minimum absolute atomic E-state index is 0.0792. The van der Waals surface area contributed by atoms with E-state index in [1.165, 1.54) is 0 Å². The molecule has 2 heterocycles. The van der Waals surface area contributed by atoms with E-state index in [1.807, 2.05) is 34.6 Å². The fourth-order valence-electron chi connectivity index (χ4n) is 5.49. The second-order valence-electron chi connectivity index (χ2n) is 10.8. The number of nitrogens with zero attached hydrogens (tertiary/aromatic N) is 2. The number of hydrogen-bond acceptors (Lipinski definition) is 8. The van der Waals surface area contributed by atoms with Gasteiger partial charge in [-0.25, -0.2) is 4.79 Å². The maximum atomic E-state index is 14.0. The van der Waals surface area contributed by atoms with Crippen molar-refractivity contribution in [1.29, 1.82) is 0 Å². The summed E-state index contributed by atoms with van der Waals surface area (Å²) in [5, 5.41) is 0. The summed E-state index contributed by atoms with van der Waals surface area (Å²) in [5.41, 5.74) is -0.614. The predicted molar refractivity (Wildman–Crippen MR) is 129 cm³/mol. The molecule has 8 nitrogen and oxygen atoms in total. The molecule has 34 heavy (non-hydrogen) atoms. The summed E-state index contributed by atoms with van der Waals surface area (Å²) in [6.45, 7) is 13.8. The average Bonchev–Trinajstić information content (AvgIpc) is 3.33. The largest absolute Gasteiger partial charge is 0.466 e. The lowest BCUT2D eigenvalue weighted by Crippen LogP contribution is -2.70. The molecule has 2 saturated heterocycles. The lowest BCUT2D eigenvalue weighted by atomic mass is 9.87. The highest BCUT2D eigenvalue weighted by atomic mass is 16.6. The molecule has 1 unspecified atom stereocenters. The zero-order valence-corrected chi connectivity index (χ0v) is 22.0. The standard InChI is InChI=1S/C26H46N2O6/c1-6-31-21-14-18-28(19-15-21)26(27-16-8-9-17-27,24(30)34-25(3,4)5)33-22-12-10-20(11-13-22)23(29)32-7-2/h20-22H,6-19H2,1-5H3. The zero-order valence-electron chi connectivity index (χ0n) is 22.0. The smallest absolute Gasteiger partial charge is 0.371 e. The van der Waals surface area contributed by atoms with E-state index in [0.717, 1.165) is 77.5 Å². The molecule has 0 bridgehead atoms. The molecule has 1 atom stereocenters. The van der Waals surface area contributed by atoms with Crippen molar-refractivity contribution in [1.82, 2.24) is 9.80 Å². The fraction of sp³-hybridized carbons (Fsp3) is 0.923. The van der Waals surface area contributed by atoms with Crippen LogP contribution in [0, 0.1) is 5.92 Å². The molecule has 196 valence electrons. The van der Waals surface area contributed by atoms with Crippen LogP contribution >= 0.6 is 0 Å². The van der Waals surface area contributed by atoms with E-state index in [4.69, 9.17) is 18.9 Å². The van der Waals surface area contributed by atoms with Crippen molar-refractivity contribution < 1.29 is 28.5 Å². The number of esters is 2. The first kappa shape index (κ1) is 27.4. The predicted octanol–water partition coefficient (Wildman–Crippen LogP) is 3.72. The number of likely N-dealkylation sites (tertiary alicyclic amines) is 2. The Bertz CT molecular complexity index is 659. The molecular weight excluding hydrogens is 436 g/mol. The van der Waals surface area contributed by atoms with Gasteiger partial charge in [0.15, 0.2) is 0 Å². The van der Waals surface area contributed by atoms with Crippen molar-refractivity contribution in [3.63, 3.8) is 0 Å². The van der Waals surface area contributed by atoms with Gasteiger partial charge in [-0.15, -0.1) is 0 Å². The maximum Gasteiger partial charge on any atom is 0.371 e. The lowest BCUT2D eigenvalue weighted by Gasteiger charge is -2.51. The van der Waals surface area contributed by atoms with Gasteiger partial charge in [0.2, 0.25) is 0 Å².